The number of carbonyl (C=O) groups excluding carboxylic acids is 1. The summed E-state index contributed by atoms with van der Waals surface area (Å²) in [7, 11) is 0. The Kier molecular flexibility index (Phi) is 4.57. The molecule has 0 aliphatic rings. The molecule has 0 radical (unpaired) electrons. The van der Waals surface area contributed by atoms with Crippen molar-refractivity contribution in [3.63, 3.8) is 0 Å². The molecule has 8 heteroatoms. The van der Waals surface area contributed by atoms with Crippen LogP contribution in [0.4, 0.5) is 5.69 Å². The molecule has 2 rings (SSSR count). The predicted octanol–water partition coefficient (Wildman–Crippen LogP) is 2.41. The smallest absolute Gasteiger partial charge is 0.267 e. The lowest BCUT2D eigenvalue weighted by atomic mass is 10.2. The van der Waals surface area contributed by atoms with Crippen LogP contribution in [0.25, 0.3) is 0 Å². The van der Waals surface area contributed by atoms with Gasteiger partial charge in [-0.3, -0.25) is 19.9 Å². The molecule has 2 aromatic rings. The zero-order valence-corrected chi connectivity index (χ0v) is 11.3. The van der Waals surface area contributed by atoms with Crippen molar-refractivity contribution in [1.29, 1.82) is 0 Å². The molecule has 0 bridgehead atoms. The maximum absolute atomic E-state index is 11.8. The molecule has 106 valence electrons. The maximum Gasteiger partial charge on any atom is 0.288 e. The van der Waals surface area contributed by atoms with Crippen LogP contribution >= 0.6 is 11.6 Å². The average molecular weight is 305 g/mol. The summed E-state index contributed by atoms with van der Waals surface area (Å²) in [5, 5.41) is 14.5. The Morgan fingerprint density at radius 3 is 2.71 bits per heavy atom. The van der Waals surface area contributed by atoms with E-state index in [2.05, 4.69) is 15.5 Å². The minimum Gasteiger partial charge on any atom is -0.267 e. The van der Waals surface area contributed by atoms with Gasteiger partial charge in [-0.2, -0.15) is 5.10 Å². The van der Waals surface area contributed by atoms with Crippen LogP contribution in [0.1, 0.15) is 15.9 Å². The molecular formula is C13H9ClN4O3. The molecule has 1 aromatic heterocycles. The van der Waals surface area contributed by atoms with E-state index in [4.69, 9.17) is 11.6 Å². The Labute approximate surface area is 124 Å². The number of amides is 1. The normalized spacial score (nSPS) is 10.5. The Balaban J connectivity index is 2.09. The lowest BCUT2D eigenvalue weighted by molar-refractivity contribution is -0.384. The van der Waals surface area contributed by atoms with Gasteiger partial charge in [-0.25, -0.2) is 5.43 Å². The number of carbonyl (C=O) groups is 1. The van der Waals surface area contributed by atoms with Crippen LogP contribution in [0.2, 0.25) is 5.02 Å². The highest BCUT2D eigenvalue weighted by Gasteiger charge is 2.15. The van der Waals surface area contributed by atoms with Gasteiger partial charge in [-0.15, -0.1) is 0 Å². The highest BCUT2D eigenvalue weighted by Crippen LogP contribution is 2.24. The lowest BCUT2D eigenvalue weighted by Crippen LogP contribution is -2.17. The first kappa shape index (κ1) is 14.6. The molecule has 0 saturated heterocycles. The van der Waals surface area contributed by atoms with E-state index in [1.165, 1.54) is 18.3 Å². The fourth-order valence-corrected chi connectivity index (χ4v) is 1.66. The Hall–Kier alpha value is -2.80. The topological polar surface area (TPSA) is 97.5 Å². The number of hydrazone groups is 1. The number of nitrogens with zero attached hydrogens (tertiary/aromatic N) is 3. The number of benzene rings is 1. The van der Waals surface area contributed by atoms with Gasteiger partial charge in [0.1, 0.15) is 5.02 Å². The van der Waals surface area contributed by atoms with Gasteiger partial charge in [0, 0.05) is 24.0 Å². The van der Waals surface area contributed by atoms with Gasteiger partial charge >= 0.3 is 0 Å². The van der Waals surface area contributed by atoms with Gasteiger partial charge in [0.2, 0.25) is 0 Å². The van der Waals surface area contributed by atoms with Gasteiger partial charge in [0.15, 0.2) is 0 Å². The lowest BCUT2D eigenvalue weighted by Gasteiger charge is -2.01. The van der Waals surface area contributed by atoms with Crippen LogP contribution in [0.5, 0.6) is 0 Å². The summed E-state index contributed by atoms with van der Waals surface area (Å²) in [5.41, 5.74) is 2.80. The fraction of sp³-hybridized carbons (Fsp3) is 0. The maximum atomic E-state index is 11.8. The summed E-state index contributed by atoms with van der Waals surface area (Å²) < 4.78 is 0. The number of rotatable bonds is 4. The molecule has 1 heterocycles. The number of aromatic nitrogens is 1. The molecule has 0 fully saturated rings. The predicted molar refractivity (Wildman–Crippen MR) is 77.4 cm³/mol. The zero-order chi connectivity index (χ0) is 15.2. The average Bonchev–Trinajstić information content (AvgIpc) is 2.48. The van der Waals surface area contributed by atoms with Gasteiger partial charge in [-0.1, -0.05) is 11.6 Å². The first-order valence-electron chi connectivity index (χ1n) is 5.75. The number of nitro benzene ring substituents is 1. The summed E-state index contributed by atoms with van der Waals surface area (Å²) in [6.45, 7) is 0. The second kappa shape index (κ2) is 6.58. The number of nitro groups is 1. The molecule has 0 saturated carbocycles. The van der Waals surface area contributed by atoms with E-state index in [1.807, 2.05) is 0 Å². The van der Waals surface area contributed by atoms with E-state index in [0.717, 1.165) is 11.6 Å². The van der Waals surface area contributed by atoms with E-state index >= 15 is 0 Å². The van der Waals surface area contributed by atoms with Crippen LogP contribution < -0.4 is 5.43 Å². The molecule has 0 atom stereocenters. The van der Waals surface area contributed by atoms with Crippen molar-refractivity contribution in [2.45, 2.75) is 0 Å². The van der Waals surface area contributed by atoms with Crippen LogP contribution in [-0.2, 0) is 0 Å². The van der Waals surface area contributed by atoms with E-state index < -0.39 is 10.8 Å². The van der Waals surface area contributed by atoms with Crippen molar-refractivity contribution in [3.05, 3.63) is 69.0 Å². The highest BCUT2D eigenvalue weighted by atomic mass is 35.5. The van der Waals surface area contributed by atoms with Gasteiger partial charge in [-0.05, 0) is 29.8 Å². The quantitative estimate of drug-likeness (QED) is 0.533. The summed E-state index contributed by atoms with van der Waals surface area (Å²) in [5.74, 6) is -0.569. The minimum atomic E-state index is -0.653. The molecule has 1 N–H and O–H groups in total. The van der Waals surface area contributed by atoms with Gasteiger partial charge in [0.05, 0.1) is 11.1 Å². The standard InChI is InChI=1S/C13H9ClN4O3/c14-11-2-1-10(7-12(11)18(20)21)13(19)17-16-8-9-3-5-15-6-4-9/h1-8H,(H,17,19)/b16-8-. The number of hydrogen-bond donors (Lipinski definition) is 1. The van der Waals surface area contributed by atoms with Crippen molar-refractivity contribution in [1.82, 2.24) is 10.4 Å². The van der Waals surface area contributed by atoms with Crippen LogP contribution in [0.15, 0.2) is 47.8 Å². The monoisotopic (exact) mass is 304 g/mol. The third-order valence-electron chi connectivity index (χ3n) is 2.49. The molecule has 1 amide bonds. The third-order valence-corrected chi connectivity index (χ3v) is 2.81. The molecule has 0 unspecified atom stereocenters. The second-order valence-electron chi connectivity index (χ2n) is 3.90. The first-order chi connectivity index (χ1) is 10.1. The Morgan fingerprint density at radius 1 is 1.33 bits per heavy atom. The molecular weight excluding hydrogens is 296 g/mol. The largest absolute Gasteiger partial charge is 0.288 e. The number of halogens is 1. The minimum absolute atomic E-state index is 0.0307. The van der Waals surface area contributed by atoms with Crippen molar-refractivity contribution in [2.24, 2.45) is 5.10 Å². The molecule has 21 heavy (non-hydrogen) atoms. The molecule has 7 nitrogen and oxygen atoms in total. The fourth-order valence-electron chi connectivity index (χ4n) is 1.47. The Bertz CT molecular complexity index is 704. The van der Waals surface area contributed by atoms with Crippen molar-refractivity contribution in [2.75, 3.05) is 0 Å². The Morgan fingerprint density at radius 2 is 2.05 bits per heavy atom. The van der Waals surface area contributed by atoms with Crippen molar-refractivity contribution >= 4 is 29.4 Å². The SMILES string of the molecule is O=C(N/N=C\c1ccncc1)c1ccc(Cl)c([N+](=O)[O-])c1. The summed E-state index contributed by atoms with van der Waals surface area (Å²) >= 11 is 5.67. The number of hydrogen-bond acceptors (Lipinski definition) is 5. The van der Waals surface area contributed by atoms with E-state index in [-0.39, 0.29) is 16.3 Å². The van der Waals surface area contributed by atoms with Crippen LogP contribution in [-0.4, -0.2) is 22.0 Å². The van der Waals surface area contributed by atoms with E-state index in [1.54, 1.807) is 24.5 Å². The van der Waals surface area contributed by atoms with Gasteiger partial charge < -0.3 is 0 Å². The van der Waals surface area contributed by atoms with Crippen molar-refractivity contribution in [3.8, 4) is 0 Å². The second-order valence-corrected chi connectivity index (χ2v) is 4.31. The molecule has 0 spiro atoms. The first-order valence-corrected chi connectivity index (χ1v) is 6.13. The summed E-state index contributed by atoms with van der Waals surface area (Å²) in [4.78, 5) is 25.8. The number of nitrogens with one attached hydrogen (secondary N) is 1. The zero-order valence-electron chi connectivity index (χ0n) is 10.6. The van der Waals surface area contributed by atoms with Gasteiger partial charge in [0.25, 0.3) is 11.6 Å². The summed E-state index contributed by atoms with van der Waals surface area (Å²) in [6.07, 6.45) is 4.61. The van der Waals surface area contributed by atoms with Crippen molar-refractivity contribution < 1.29 is 9.72 Å². The van der Waals surface area contributed by atoms with E-state index in [9.17, 15) is 14.9 Å². The molecule has 1 aromatic carbocycles. The molecule has 0 aliphatic carbocycles. The van der Waals surface area contributed by atoms with Crippen LogP contribution in [0.3, 0.4) is 0 Å². The van der Waals surface area contributed by atoms with E-state index in [0.29, 0.717) is 0 Å². The summed E-state index contributed by atoms with van der Waals surface area (Å²) in [6, 6.07) is 7.19. The highest BCUT2D eigenvalue weighted by molar-refractivity contribution is 6.32. The third kappa shape index (κ3) is 3.83. The van der Waals surface area contributed by atoms with Crippen LogP contribution in [0, 0.1) is 10.1 Å². The molecule has 0 aliphatic heterocycles. The number of pyridine rings is 1.